The Balaban J connectivity index is 3.03. The third kappa shape index (κ3) is 3.72. The second-order valence-electron chi connectivity index (χ2n) is 4.85. The molecule has 1 atom stereocenters. The summed E-state index contributed by atoms with van der Waals surface area (Å²) in [6.07, 6.45) is 1.04. The van der Waals surface area contributed by atoms with Gasteiger partial charge in [0.15, 0.2) is 0 Å². The molecule has 0 aliphatic heterocycles. The Labute approximate surface area is 110 Å². The summed E-state index contributed by atoms with van der Waals surface area (Å²) in [5, 5.41) is 19.1. The first-order chi connectivity index (χ1) is 8.61. The van der Waals surface area contributed by atoms with Crippen molar-refractivity contribution in [1.29, 1.82) is 0 Å². The summed E-state index contributed by atoms with van der Waals surface area (Å²) in [5.74, 6) is 0. The van der Waals surface area contributed by atoms with Gasteiger partial charge in [0.05, 0.1) is 6.10 Å². The highest BCUT2D eigenvalue weighted by Crippen LogP contribution is 2.29. The predicted octanol–water partition coefficient (Wildman–Crippen LogP) is 2.73. The Kier molecular flexibility index (Phi) is 6.16. The van der Waals surface area contributed by atoms with Crippen molar-refractivity contribution in [2.45, 2.75) is 45.8 Å². The summed E-state index contributed by atoms with van der Waals surface area (Å²) in [6.45, 7) is 7.25. The SMILES string of the molecule is CC[C@@H](O)c1ccccc1N(CCCO)C(C)C. The van der Waals surface area contributed by atoms with Crippen LogP contribution in [-0.4, -0.2) is 29.4 Å². The molecule has 18 heavy (non-hydrogen) atoms. The molecule has 3 nitrogen and oxygen atoms in total. The van der Waals surface area contributed by atoms with Gasteiger partial charge in [0.1, 0.15) is 0 Å². The van der Waals surface area contributed by atoms with Gasteiger partial charge in [0.25, 0.3) is 0 Å². The summed E-state index contributed by atoms with van der Waals surface area (Å²) < 4.78 is 0. The molecule has 0 radical (unpaired) electrons. The minimum Gasteiger partial charge on any atom is -0.396 e. The lowest BCUT2D eigenvalue weighted by atomic mass is 10.0. The minimum atomic E-state index is -0.420. The molecule has 0 aromatic heterocycles. The van der Waals surface area contributed by atoms with Crippen LogP contribution in [-0.2, 0) is 0 Å². The van der Waals surface area contributed by atoms with E-state index in [0.29, 0.717) is 12.5 Å². The maximum Gasteiger partial charge on any atom is 0.0807 e. The molecule has 0 aliphatic rings. The molecule has 102 valence electrons. The van der Waals surface area contributed by atoms with Gasteiger partial charge in [-0.3, -0.25) is 0 Å². The Bertz CT molecular complexity index is 352. The average molecular weight is 251 g/mol. The van der Waals surface area contributed by atoms with Gasteiger partial charge in [-0.05, 0) is 32.8 Å². The monoisotopic (exact) mass is 251 g/mol. The number of nitrogens with zero attached hydrogens (tertiary/aromatic N) is 1. The van der Waals surface area contributed by atoms with Gasteiger partial charge in [-0.2, -0.15) is 0 Å². The summed E-state index contributed by atoms with van der Waals surface area (Å²) in [4.78, 5) is 2.24. The van der Waals surface area contributed by atoms with Crippen molar-refractivity contribution in [3.63, 3.8) is 0 Å². The molecule has 1 aromatic carbocycles. The molecule has 0 spiro atoms. The van der Waals surface area contributed by atoms with Crippen molar-refractivity contribution in [1.82, 2.24) is 0 Å². The molecule has 3 heteroatoms. The lowest BCUT2D eigenvalue weighted by molar-refractivity contribution is 0.174. The largest absolute Gasteiger partial charge is 0.396 e. The number of aliphatic hydroxyl groups is 2. The van der Waals surface area contributed by atoms with E-state index in [1.807, 2.05) is 31.2 Å². The fourth-order valence-electron chi connectivity index (χ4n) is 2.15. The fraction of sp³-hybridized carbons (Fsp3) is 0.600. The zero-order chi connectivity index (χ0) is 13.5. The highest BCUT2D eigenvalue weighted by Gasteiger charge is 2.17. The molecule has 0 aliphatic carbocycles. The van der Waals surface area contributed by atoms with Crippen LogP contribution in [0.2, 0.25) is 0 Å². The second-order valence-corrected chi connectivity index (χ2v) is 4.85. The van der Waals surface area contributed by atoms with E-state index in [1.54, 1.807) is 0 Å². The van der Waals surface area contributed by atoms with Gasteiger partial charge in [-0.25, -0.2) is 0 Å². The first-order valence-electron chi connectivity index (χ1n) is 6.76. The van der Waals surface area contributed by atoms with Crippen LogP contribution in [0.5, 0.6) is 0 Å². The van der Waals surface area contributed by atoms with Crippen molar-refractivity contribution in [2.24, 2.45) is 0 Å². The number of aliphatic hydroxyl groups excluding tert-OH is 2. The van der Waals surface area contributed by atoms with Crippen molar-refractivity contribution < 1.29 is 10.2 Å². The Hall–Kier alpha value is -1.06. The fourth-order valence-corrected chi connectivity index (χ4v) is 2.15. The highest BCUT2D eigenvalue weighted by molar-refractivity contribution is 5.55. The molecule has 0 heterocycles. The van der Waals surface area contributed by atoms with Crippen molar-refractivity contribution in [3.05, 3.63) is 29.8 Å². The van der Waals surface area contributed by atoms with E-state index in [1.165, 1.54) is 0 Å². The van der Waals surface area contributed by atoms with Gasteiger partial charge in [0, 0.05) is 30.4 Å². The van der Waals surface area contributed by atoms with E-state index in [2.05, 4.69) is 18.7 Å². The maximum atomic E-state index is 10.1. The molecule has 1 aromatic rings. The first kappa shape index (κ1) is 15.0. The van der Waals surface area contributed by atoms with Crippen LogP contribution < -0.4 is 4.90 Å². The smallest absolute Gasteiger partial charge is 0.0807 e. The van der Waals surface area contributed by atoms with E-state index in [-0.39, 0.29) is 6.61 Å². The van der Waals surface area contributed by atoms with Crippen LogP contribution in [0.1, 0.15) is 45.3 Å². The van der Waals surface area contributed by atoms with E-state index in [9.17, 15) is 5.11 Å². The zero-order valence-corrected chi connectivity index (χ0v) is 11.6. The van der Waals surface area contributed by atoms with E-state index in [0.717, 1.165) is 24.2 Å². The second kappa shape index (κ2) is 7.39. The Morgan fingerprint density at radius 2 is 1.89 bits per heavy atom. The van der Waals surface area contributed by atoms with Crippen molar-refractivity contribution >= 4 is 5.69 Å². The van der Waals surface area contributed by atoms with Gasteiger partial charge in [0.2, 0.25) is 0 Å². The first-order valence-corrected chi connectivity index (χ1v) is 6.76. The molecule has 0 amide bonds. The molecule has 1 rings (SSSR count). The molecule has 0 unspecified atom stereocenters. The number of para-hydroxylation sites is 1. The number of hydrogen-bond acceptors (Lipinski definition) is 3. The van der Waals surface area contributed by atoms with Crippen LogP contribution >= 0.6 is 0 Å². The number of anilines is 1. The topological polar surface area (TPSA) is 43.7 Å². The molecule has 0 fully saturated rings. The molecule has 0 saturated heterocycles. The molecular formula is C15H25NO2. The van der Waals surface area contributed by atoms with Crippen LogP contribution in [0.4, 0.5) is 5.69 Å². The van der Waals surface area contributed by atoms with E-state index in [4.69, 9.17) is 5.11 Å². The molecule has 2 N–H and O–H groups in total. The van der Waals surface area contributed by atoms with Gasteiger partial charge in [-0.1, -0.05) is 25.1 Å². The molecule has 0 saturated carbocycles. The zero-order valence-electron chi connectivity index (χ0n) is 11.6. The molecular weight excluding hydrogens is 226 g/mol. The predicted molar refractivity (Wildman–Crippen MR) is 75.9 cm³/mol. The summed E-state index contributed by atoms with van der Waals surface area (Å²) in [5.41, 5.74) is 2.06. The third-order valence-corrected chi connectivity index (χ3v) is 3.17. The van der Waals surface area contributed by atoms with Crippen LogP contribution in [0.15, 0.2) is 24.3 Å². The third-order valence-electron chi connectivity index (χ3n) is 3.17. The quantitative estimate of drug-likeness (QED) is 0.783. The Morgan fingerprint density at radius 1 is 1.22 bits per heavy atom. The highest BCUT2D eigenvalue weighted by atomic mass is 16.3. The summed E-state index contributed by atoms with van der Waals surface area (Å²) in [6, 6.07) is 8.34. The van der Waals surface area contributed by atoms with Gasteiger partial charge >= 0.3 is 0 Å². The molecule has 0 bridgehead atoms. The van der Waals surface area contributed by atoms with Crippen molar-refractivity contribution in [2.75, 3.05) is 18.1 Å². The summed E-state index contributed by atoms with van der Waals surface area (Å²) in [7, 11) is 0. The van der Waals surface area contributed by atoms with Crippen LogP contribution in [0.25, 0.3) is 0 Å². The number of hydrogen-bond donors (Lipinski definition) is 2. The van der Waals surface area contributed by atoms with E-state index < -0.39 is 6.10 Å². The lowest BCUT2D eigenvalue weighted by Crippen LogP contribution is -2.33. The summed E-state index contributed by atoms with van der Waals surface area (Å²) >= 11 is 0. The van der Waals surface area contributed by atoms with Crippen molar-refractivity contribution in [3.8, 4) is 0 Å². The van der Waals surface area contributed by atoms with Crippen LogP contribution in [0, 0.1) is 0 Å². The minimum absolute atomic E-state index is 0.196. The normalized spacial score (nSPS) is 12.8. The van der Waals surface area contributed by atoms with Gasteiger partial charge < -0.3 is 15.1 Å². The Morgan fingerprint density at radius 3 is 2.44 bits per heavy atom. The van der Waals surface area contributed by atoms with Gasteiger partial charge in [-0.15, -0.1) is 0 Å². The number of rotatable bonds is 7. The lowest BCUT2D eigenvalue weighted by Gasteiger charge is -2.31. The standard InChI is InChI=1S/C15H25NO2/c1-4-15(18)13-8-5-6-9-14(13)16(12(2)3)10-7-11-17/h5-6,8-9,12,15,17-18H,4,7,10-11H2,1-3H3/t15-/m1/s1. The van der Waals surface area contributed by atoms with E-state index >= 15 is 0 Å². The average Bonchev–Trinajstić information content (AvgIpc) is 2.38. The maximum absolute atomic E-state index is 10.1. The number of benzene rings is 1. The van der Waals surface area contributed by atoms with Crippen LogP contribution in [0.3, 0.4) is 0 Å².